The molecular formula is C17H26N2O4S. The number of hydrogen-bond acceptors (Lipinski definition) is 4. The van der Waals surface area contributed by atoms with Gasteiger partial charge in [0.1, 0.15) is 0 Å². The Morgan fingerprint density at radius 3 is 2.58 bits per heavy atom. The molecule has 0 spiro atoms. The first-order chi connectivity index (χ1) is 11.4. The Bertz CT molecular complexity index is 635. The minimum Gasteiger partial charge on any atom is -0.381 e. The molecule has 2 N–H and O–H groups in total. The highest BCUT2D eigenvalue weighted by atomic mass is 32.2. The molecule has 1 aromatic carbocycles. The minimum atomic E-state index is -3.53. The van der Waals surface area contributed by atoms with Gasteiger partial charge in [0.25, 0.3) is 5.91 Å². The van der Waals surface area contributed by atoms with E-state index in [-0.39, 0.29) is 16.8 Å². The first-order valence-electron chi connectivity index (χ1n) is 8.37. The Hall–Kier alpha value is -1.44. The summed E-state index contributed by atoms with van der Waals surface area (Å²) in [5.41, 5.74) is 0.457. The Morgan fingerprint density at radius 1 is 1.29 bits per heavy atom. The van der Waals surface area contributed by atoms with Crippen molar-refractivity contribution in [2.24, 2.45) is 5.92 Å². The molecule has 0 bridgehead atoms. The van der Waals surface area contributed by atoms with Crippen molar-refractivity contribution in [1.82, 2.24) is 10.0 Å². The zero-order chi connectivity index (χ0) is 17.6. The zero-order valence-corrected chi connectivity index (χ0v) is 15.1. The van der Waals surface area contributed by atoms with Crippen molar-refractivity contribution in [3.8, 4) is 0 Å². The van der Waals surface area contributed by atoms with Gasteiger partial charge in [0.05, 0.1) is 4.90 Å². The van der Waals surface area contributed by atoms with Crippen LogP contribution in [-0.2, 0) is 14.8 Å². The van der Waals surface area contributed by atoms with E-state index in [1.54, 1.807) is 13.8 Å². The van der Waals surface area contributed by atoms with Crippen molar-refractivity contribution in [3.63, 3.8) is 0 Å². The predicted molar refractivity (Wildman–Crippen MR) is 92.4 cm³/mol. The van der Waals surface area contributed by atoms with Crippen LogP contribution in [0.15, 0.2) is 29.2 Å². The van der Waals surface area contributed by atoms with Crippen LogP contribution in [0.1, 0.15) is 43.5 Å². The van der Waals surface area contributed by atoms with Gasteiger partial charge in [-0.25, -0.2) is 13.1 Å². The summed E-state index contributed by atoms with van der Waals surface area (Å²) in [7, 11) is -3.53. The molecule has 0 saturated carbocycles. The molecule has 1 fully saturated rings. The molecule has 0 unspecified atom stereocenters. The molecule has 2 rings (SSSR count). The molecule has 1 saturated heterocycles. The van der Waals surface area contributed by atoms with Crippen molar-refractivity contribution in [2.45, 2.75) is 44.0 Å². The van der Waals surface area contributed by atoms with Gasteiger partial charge in [-0.05, 0) is 63.3 Å². The maximum atomic E-state index is 12.1. The van der Waals surface area contributed by atoms with Crippen molar-refractivity contribution < 1.29 is 17.9 Å². The van der Waals surface area contributed by atoms with Crippen LogP contribution >= 0.6 is 0 Å². The van der Waals surface area contributed by atoms with Crippen LogP contribution in [0.3, 0.4) is 0 Å². The molecule has 6 nitrogen and oxygen atoms in total. The average molecular weight is 354 g/mol. The largest absolute Gasteiger partial charge is 0.381 e. The second-order valence-corrected chi connectivity index (χ2v) is 8.14. The third kappa shape index (κ3) is 5.58. The van der Waals surface area contributed by atoms with E-state index in [2.05, 4.69) is 10.0 Å². The number of amides is 1. The SMILES string of the molecule is CC(C)NS(=O)(=O)c1ccc(C(=O)NCC[C@@H]2CCCOC2)cc1. The monoisotopic (exact) mass is 354 g/mol. The van der Waals surface area contributed by atoms with Gasteiger partial charge >= 0.3 is 0 Å². The van der Waals surface area contributed by atoms with E-state index in [9.17, 15) is 13.2 Å². The normalized spacial score (nSPS) is 18.5. The summed E-state index contributed by atoms with van der Waals surface area (Å²) in [6, 6.07) is 5.80. The molecule has 1 atom stereocenters. The van der Waals surface area contributed by atoms with Crippen LogP contribution in [0.4, 0.5) is 0 Å². The first-order valence-corrected chi connectivity index (χ1v) is 9.85. The number of sulfonamides is 1. The van der Waals surface area contributed by atoms with E-state index in [1.165, 1.54) is 24.3 Å². The summed E-state index contributed by atoms with van der Waals surface area (Å²) in [6.45, 7) is 5.73. The number of rotatable bonds is 7. The van der Waals surface area contributed by atoms with Gasteiger partial charge in [0, 0.05) is 31.4 Å². The van der Waals surface area contributed by atoms with Crippen LogP contribution in [0.5, 0.6) is 0 Å². The molecule has 1 aliphatic heterocycles. The topological polar surface area (TPSA) is 84.5 Å². The molecule has 1 heterocycles. The fraction of sp³-hybridized carbons (Fsp3) is 0.588. The maximum absolute atomic E-state index is 12.1. The van der Waals surface area contributed by atoms with Gasteiger partial charge < -0.3 is 10.1 Å². The smallest absolute Gasteiger partial charge is 0.251 e. The van der Waals surface area contributed by atoms with Crippen LogP contribution < -0.4 is 10.0 Å². The highest BCUT2D eigenvalue weighted by Gasteiger charge is 2.17. The summed E-state index contributed by atoms with van der Waals surface area (Å²) >= 11 is 0. The summed E-state index contributed by atoms with van der Waals surface area (Å²) in [5, 5.41) is 2.88. The number of hydrogen-bond donors (Lipinski definition) is 2. The van der Waals surface area contributed by atoms with Crippen molar-refractivity contribution in [1.29, 1.82) is 0 Å². The summed E-state index contributed by atoms with van der Waals surface area (Å²) in [4.78, 5) is 12.3. The molecule has 0 radical (unpaired) electrons. The lowest BCUT2D eigenvalue weighted by atomic mass is 9.99. The molecule has 0 aromatic heterocycles. The minimum absolute atomic E-state index is 0.159. The zero-order valence-electron chi connectivity index (χ0n) is 14.2. The van der Waals surface area contributed by atoms with E-state index in [0.29, 0.717) is 18.0 Å². The fourth-order valence-corrected chi connectivity index (χ4v) is 3.94. The Morgan fingerprint density at radius 2 is 2.00 bits per heavy atom. The van der Waals surface area contributed by atoms with E-state index >= 15 is 0 Å². The number of carbonyl (C=O) groups is 1. The first kappa shape index (κ1) is 18.9. The lowest BCUT2D eigenvalue weighted by Gasteiger charge is -2.21. The number of benzene rings is 1. The Labute approximate surface area is 144 Å². The highest BCUT2D eigenvalue weighted by molar-refractivity contribution is 7.89. The van der Waals surface area contributed by atoms with Crippen molar-refractivity contribution >= 4 is 15.9 Å². The number of carbonyl (C=O) groups excluding carboxylic acids is 1. The van der Waals surface area contributed by atoms with Gasteiger partial charge in [-0.15, -0.1) is 0 Å². The summed E-state index contributed by atoms with van der Waals surface area (Å²) in [5.74, 6) is 0.321. The van der Waals surface area contributed by atoms with Crippen LogP contribution in [0.25, 0.3) is 0 Å². The van der Waals surface area contributed by atoms with E-state index in [1.807, 2.05) is 0 Å². The average Bonchev–Trinajstić information content (AvgIpc) is 2.55. The van der Waals surface area contributed by atoms with Gasteiger partial charge in [-0.2, -0.15) is 0 Å². The van der Waals surface area contributed by atoms with Gasteiger partial charge in [-0.3, -0.25) is 4.79 Å². The second-order valence-electron chi connectivity index (χ2n) is 6.43. The van der Waals surface area contributed by atoms with Crippen LogP contribution in [0, 0.1) is 5.92 Å². The van der Waals surface area contributed by atoms with E-state index in [4.69, 9.17) is 4.74 Å². The van der Waals surface area contributed by atoms with Crippen molar-refractivity contribution in [3.05, 3.63) is 29.8 Å². The Balaban J connectivity index is 1.86. The lowest BCUT2D eigenvalue weighted by molar-refractivity contribution is 0.0514. The quantitative estimate of drug-likeness (QED) is 0.783. The predicted octanol–water partition coefficient (Wildman–Crippen LogP) is 1.92. The fourth-order valence-electron chi connectivity index (χ4n) is 2.69. The molecule has 0 aliphatic carbocycles. The van der Waals surface area contributed by atoms with Gasteiger partial charge in [0.2, 0.25) is 10.0 Å². The third-order valence-electron chi connectivity index (χ3n) is 3.91. The standard InChI is InChI=1S/C17H26N2O4S/c1-13(2)19-24(21,22)16-7-5-15(6-8-16)17(20)18-10-9-14-4-3-11-23-12-14/h5-8,13-14,19H,3-4,9-12H2,1-2H3,(H,18,20)/t14-/m0/s1. The molecule has 1 aromatic rings. The van der Waals surface area contributed by atoms with Crippen LogP contribution in [0.2, 0.25) is 0 Å². The number of nitrogens with one attached hydrogen (secondary N) is 2. The van der Waals surface area contributed by atoms with Gasteiger partial charge in [0.15, 0.2) is 0 Å². The van der Waals surface area contributed by atoms with Crippen molar-refractivity contribution in [2.75, 3.05) is 19.8 Å². The molecule has 24 heavy (non-hydrogen) atoms. The third-order valence-corrected chi connectivity index (χ3v) is 5.58. The summed E-state index contributed by atoms with van der Waals surface area (Å²) in [6.07, 6.45) is 3.13. The second kappa shape index (κ2) is 8.60. The van der Waals surface area contributed by atoms with Crippen LogP contribution in [-0.4, -0.2) is 40.1 Å². The lowest BCUT2D eigenvalue weighted by Crippen LogP contribution is -2.30. The van der Waals surface area contributed by atoms with Gasteiger partial charge in [-0.1, -0.05) is 0 Å². The highest BCUT2D eigenvalue weighted by Crippen LogP contribution is 2.16. The summed E-state index contributed by atoms with van der Waals surface area (Å²) < 4.78 is 32.0. The molecule has 7 heteroatoms. The molecule has 1 aliphatic rings. The molecular weight excluding hydrogens is 328 g/mol. The Kier molecular flexibility index (Phi) is 6.77. The van der Waals surface area contributed by atoms with E-state index < -0.39 is 10.0 Å². The maximum Gasteiger partial charge on any atom is 0.251 e. The molecule has 1 amide bonds. The molecule has 134 valence electrons. The number of ether oxygens (including phenoxy) is 1. The van der Waals surface area contributed by atoms with E-state index in [0.717, 1.165) is 32.5 Å².